The average molecular weight is 275 g/mol. The number of hydrogen-bond donors (Lipinski definition) is 1. The van der Waals surface area contributed by atoms with Gasteiger partial charge in [-0.3, -0.25) is 4.79 Å². The predicted octanol–water partition coefficient (Wildman–Crippen LogP) is 2.04. The van der Waals surface area contributed by atoms with Crippen molar-refractivity contribution in [3.63, 3.8) is 0 Å². The van der Waals surface area contributed by atoms with Crippen LogP contribution < -0.4 is 4.90 Å². The van der Waals surface area contributed by atoms with E-state index in [0.717, 1.165) is 49.6 Å². The van der Waals surface area contributed by atoms with E-state index in [9.17, 15) is 9.90 Å². The van der Waals surface area contributed by atoms with Gasteiger partial charge >= 0.3 is 5.97 Å². The van der Waals surface area contributed by atoms with Crippen LogP contribution in [0.5, 0.6) is 0 Å². The fraction of sp³-hybridized carbons (Fsp3) is 0.667. The Hall–Kier alpha value is -1.65. The normalized spacial score (nSPS) is 28.7. The third-order valence-corrected chi connectivity index (χ3v) is 4.82. The number of carboxylic acids is 1. The summed E-state index contributed by atoms with van der Waals surface area (Å²) in [6, 6.07) is 1.97. The summed E-state index contributed by atoms with van der Waals surface area (Å²) in [5.41, 5.74) is 0.402. The molecule has 2 fully saturated rings. The van der Waals surface area contributed by atoms with Crippen LogP contribution in [0.2, 0.25) is 0 Å². The molecule has 0 aromatic carbocycles. The van der Waals surface area contributed by atoms with Crippen LogP contribution in [0.3, 0.4) is 0 Å². The minimum absolute atomic E-state index is 0.264. The highest BCUT2D eigenvalue weighted by Gasteiger charge is 2.55. The lowest BCUT2D eigenvalue weighted by Gasteiger charge is -2.24. The van der Waals surface area contributed by atoms with Gasteiger partial charge in [0.05, 0.1) is 5.41 Å². The molecule has 3 rings (SSSR count). The molecule has 0 spiro atoms. The number of carboxylic acid groups (broad SMARTS) is 1. The Bertz CT molecular complexity index is 546. The molecule has 108 valence electrons. The van der Waals surface area contributed by atoms with Crippen LogP contribution in [0.15, 0.2) is 6.07 Å². The number of anilines is 1. The van der Waals surface area contributed by atoms with E-state index in [4.69, 9.17) is 0 Å². The molecule has 1 saturated carbocycles. The van der Waals surface area contributed by atoms with Crippen LogP contribution in [0, 0.1) is 18.3 Å². The number of nitrogens with zero attached hydrogens (tertiary/aromatic N) is 3. The summed E-state index contributed by atoms with van der Waals surface area (Å²) in [6.45, 7) is 5.41. The topological polar surface area (TPSA) is 66.3 Å². The Labute approximate surface area is 119 Å². The average Bonchev–Trinajstić information content (AvgIpc) is 2.95. The molecule has 5 heteroatoms. The van der Waals surface area contributed by atoms with Gasteiger partial charge in [-0.2, -0.15) is 0 Å². The van der Waals surface area contributed by atoms with Crippen LogP contribution >= 0.6 is 0 Å². The lowest BCUT2D eigenvalue weighted by molar-refractivity contribution is -0.149. The molecule has 20 heavy (non-hydrogen) atoms. The van der Waals surface area contributed by atoms with Gasteiger partial charge in [-0.1, -0.05) is 13.3 Å². The van der Waals surface area contributed by atoms with Crippen molar-refractivity contribution in [3.8, 4) is 0 Å². The zero-order valence-electron chi connectivity index (χ0n) is 12.1. The Morgan fingerprint density at radius 1 is 1.55 bits per heavy atom. The number of aromatic nitrogens is 2. The first-order valence-corrected chi connectivity index (χ1v) is 7.38. The van der Waals surface area contributed by atoms with Gasteiger partial charge in [0.1, 0.15) is 11.6 Å². The fourth-order valence-electron chi connectivity index (χ4n) is 3.75. The molecule has 2 atom stereocenters. The van der Waals surface area contributed by atoms with Gasteiger partial charge in [-0.15, -0.1) is 0 Å². The fourth-order valence-corrected chi connectivity index (χ4v) is 3.75. The highest BCUT2D eigenvalue weighted by atomic mass is 16.4. The summed E-state index contributed by atoms with van der Waals surface area (Å²) in [7, 11) is 0. The Morgan fingerprint density at radius 3 is 3.00 bits per heavy atom. The zero-order valence-corrected chi connectivity index (χ0v) is 12.1. The summed E-state index contributed by atoms with van der Waals surface area (Å²) >= 11 is 0. The summed E-state index contributed by atoms with van der Waals surface area (Å²) < 4.78 is 0. The first-order valence-electron chi connectivity index (χ1n) is 7.38. The Morgan fingerprint density at radius 2 is 2.35 bits per heavy atom. The minimum Gasteiger partial charge on any atom is -0.481 e. The smallest absolute Gasteiger partial charge is 0.311 e. The van der Waals surface area contributed by atoms with Crippen molar-refractivity contribution in [2.24, 2.45) is 11.3 Å². The first-order chi connectivity index (χ1) is 9.55. The van der Waals surface area contributed by atoms with Crippen molar-refractivity contribution < 1.29 is 9.90 Å². The van der Waals surface area contributed by atoms with E-state index < -0.39 is 11.4 Å². The molecule has 0 unspecified atom stereocenters. The standard InChI is InChI=1S/C15H21N3O2/c1-3-12-16-10(2)7-13(17-12)18-8-11-5-4-6-15(11,9-18)14(19)20/h7,11H,3-6,8-9H2,1-2H3,(H,19,20)/t11-,15+/m0/s1. The van der Waals surface area contributed by atoms with Crippen LogP contribution in [-0.2, 0) is 11.2 Å². The predicted molar refractivity (Wildman–Crippen MR) is 75.8 cm³/mol. The quantitative estimate of drug-likeness (QED) is 0.914. The molecule has 1 aliphatic carbocycles. The van der Waals surface area contributed by atoms with Gasteiger partial charge in [0.25, 0.3) is 0 Å². The number of fused-ring (bicyclic) bond motifs is 1. The molecule has 0 radical (unpaired) electrons. The molecule has 0 bridgehead atoms. The van der Waals surface area contributed by atoms with Crippen LogP contribution in [0.4, 0.5) is 5.82 Å². The maximum Gasteiger partial charge on any atom is 0.311 e. The monoisotopic (exact) mass is 275 g/mol. The number of carbonyl (C=O) groups is 1. The third kappa shape index (κ3) is 1.96. The van der Waals surface area contributed by atoms with Crippen molar-refractivity contribution in [1.82, 2.24) is 9.97 Å². The van der Waals surface area contributed by atoms with Crippen LogP contribution in [-0.4, -0.2) is 34.1 Å². The van der Waals surface area contributed by atoms with E-state index in [1.807, 2.05) is 19.9 Å². The molecule has 1 saturated heterocycles. The summed E-state index contributed by atoms with van der Waals surface area (Å²) in [5, 5.41) is 9.63. The van der Waals surface area contributed by atoms with E-state index in [2.05, 4.69) is 14.9 Å². The van der Waals surface area contributed by atoms with Crippen LogP contribution in [0.25, 0.3) is 0 Å². The van der Waals surface area contributed by atoms with Gasteiger partial charge in [-0.25, -0.2) is 9.97 Å². The van der Waals surface area contributed by atoms with Crippen molar-refractivity contribution in [1.29, 1.82) is 0 Å². The third-order valence-electron chi connectivity index (χ3n) is 4.82. The van der Waals surface area contributed by atoms with Crippen LogP contribution in [0.1, 0.15) is 37.7 Å². The second kappa shape index (κ2) is 4.72. The summed E-state index contributed by atoms with van der Waals surface area (Å²) in [5.74, 6) is 1.36. The highest BCUT2D eigenvalue weighted by molar-refractivity contribution is 5.77. The second-order valence-electron chi connectivity index (χ2n) is 6.07. The lowest BCUT2D eigenvalue weighted by atomic mass is 9.81. The van der Waals surface area contributed by atoms with E-state index in [0.29, 0.717) is 6.54 Å². The molecular weight excluding hydrogens is 254 g/mol. The molecule has 1 N–H and O–H groups in total. The van der Waals surface area contributed by atoms with Gasteiger partial charge in [0.15, 0.2) is 0 Å². The Balaban J connectivity index is 1.90. The SMILES string of the molecule is CCc1nc(C)cc(N2C[C@@H]3CCC[C@@]3(C(=O)O)C2)n1. The number of aryl methyl sites for hydroxylation is 2. The maximum atomic E-state index is 11.7. The molecule has 1 aromatic rings. The van der Waals surface area contributed by atoms with Gasteiger partial charge in [-0.05, 0) is 25.7 Å². The number of aliphatic carboxylic acids is 1. The van der Waals surface area contributed by atoms with Crippen molar-refractivity contribution >= 4 is 11.8 Å². The molecule has 5 nitrogen and oxygen atoms in total. The highest BCUT2D eigenvalue weighted by Crippen LogP contribution is 2.49. The minimum atomic E-state index is -0.635. The number of rotatable bonds is 3. The second-order valence-corrected chi connectivity index (χ2v) is 6.07. The molecule has 1 aromatic heterocycles. The summed E-state index contributed by atoms with van der Waals surface area (Å²) in [6.07, 6.45) is 3.66. The van der Waals surface area contributed by atoms with Gasteiger partial charge in [0.2, 0.25) is 0 Å². The van der Waals surface area contributed by atoms with Gasteiger partial charge in [0, 0.05) is 31.3 Å². The van der Waals surface area contributed by atoms with E-state index >= 15 is 0 Å². The molecule has 0 amide bonds. The maximum absolute atomic E-state index is 11.7. The Kier molecular flexibility index (Phi) is 3.15. The van der Waals surface area contributed by atoms with Crippen molar-refractivity contribution in [2.45, 2.75) is 39.5 Å². The van der Waals surface area contributed by atoms with Crippen molar-refractivity contribution in [3.05, 3.63) is 17.6 Å². The van der Waals surface area contributed by atoms with E-state index in [-0.39, 0.29) is 5.92 Å². The molecule has 1 aliphatic heterocycles. The molecular formula is C15H21N3O2. The molecule has 2 aliphatic rings. The van der Waals surface area contributed by atoms with Gasteiger partial charge < -0.3 is 10.0 Å². The summed E-state index contributed by atoms with van der Waals surface area (Å²) in [4.78, 5) is 22.8. The van der Waals surface area contributed by atoms with E-state index in [1.165, 1.54) is 0 Å². The number of hydrogen-bond acceptors (Lipinski definition) is 4. The van der Waals surface area contributed by atoms with E-state index in [1.54, 1.807) is 0 Å². The lowest BCUT2D eigenvalue weighted by Crippen LogP contribution is -2.35. The molecule has 2 heterocycles. The van der Waals surface area contributed by atoms with Crippen molar-refractivity contribution in [2.75, 3.05) is 18.0 Å². The first kappa shape index (κ1) is 13.3. The zero-order chi connectivity index (χ0) is 14.3. The largest absolute Gasteiger partial charge is 0.481 e.